The summed E-state index contributed by atoms with van der Waals surface area (Å²) in [5.74, 6) is 1.78. The van der Waals surface area contributed by atoms with E-state index in [1.807, 2.05) is 11.3 Å². The van der Waals surface area contributed by atoms with Crippen molar-refractivity contribution in [2.45, 2.75) is 13.8 Å². The molecule has 2 nitrogen and oxygen atoms in total. The van der Waals surface area contributed by atoms with Crippen molar-refractivity contribution in [3.63, 3.8) is 0 Å². The monoisotopic (exact) mass is 469 g/mol. The highest BCUT2D eigenvalue weighted by molar-refractivity contribution is 7.25. The van der Waals surface area contributed by atoms with Crippen LogP contribution in [0.1, 0.15) is 11.1 Å². The quantitative estimate of drug-likeness (QED) is 0.250. The molecule has 0 N–H and O–H groups in total. The average molecular weight is 470 g/mol. The number of thiophene rings is 1. The van der Waals surface area contributed by atoms with Crippen molar-refractivity contribution >= 4 is 48.6 Å². The maximum absolute atomic E-state index is 6.31. The summed E-state index contributed by atoms with van der Waals surface area (Å²) in [5.41, 5.74) is 8.07. The Hall–Kier alpha value is -4.08. The predicted molar refractivity (Wildman–Crippen MR) is 149 cm³/mol. The lowest BCUT2D eigenvalue weighted by Gasteiger charge is -2.33. The Morgan fingerprint density at radius 2 is 1.20 bits per heavy atom. The Morgan fingerprint density at radius 1 is 0.571 bits per heavy atom. The molecule has 0 bridgehead atoms. The van der Waals surface area contributed by atoms with E-state index >= 15 is 0 Å². The fourth-order valence-electron chi connectivity index (χ4n) is 5.01. The Labute approximate surface area is 208 Å². The van der Waals surface area contributed by atoms with E-state index in [2.05, 4.69) is 122 Å². The number of rotatable bonds is 2. The standard InChI is InChI=1S/C32H23NOS/c1-20-7-14-27-29(17-20)34-30-18-21(2)8-15-28(30)33(27)24-12-9-22(10-13-24)23-11-16-32-26(19-23)25-5-3-4-6-31(25)35-32/h3-19H,1-2H3. The minimum atomic E-state index is 0.891. The summed E-state index contributed by atoms with van der Waals surface area (Å²) in [7, 11) is 0. The largest absolute Gasteiger partial charge is 0.453 e. The molecule has 0 fully saturated rings. The predicted octanol–water partition coefficient (Wildman–Crippen LogP) is 9.91. The molecule has 1 aliphatic heterocycles. The number of hydrogen-bond donors (Lipinski definition) is 0. The zero-order valence-corrected chi connectivity index (χ0v) is 20.4. The highest BCUT2D eigenvalue weighted by Crippen LogP contribution is 2.51. The molecule has 0 radical (unpaired) electrons. The van der Waals surface area contributed by atoms with E-state index in [1.165, 1.54) is 42.4 Å². The van der Waals surface area contributed by atoms with Gasteiger partial charge in [-0.2, -0.15) is 0 Å². The smallest absolute Gasteiger partial charge is 0.151 e. The molecule has 0 saturated carbocycles. The van der Waals surface area contributed by atoms with Gasteiger partial charge in [0.05, 0.1) is 11.4 Å². The minimum absolute atomic E-state index is 0.891. The van der Waals surface area contributed by atoms with E-state index in [0.717, 1.165) is 28.6 Å². The first kappa shape index (κ1) is 20.3. The normalized spacial score (nSPS) is 12.5. The molecule has 6 aromatic rings. The molecule has 7 rings (SSSR count). The van der Waals surface area contributed by atoms with Crippen molar-refractivity contribution < 1.29 is 4.74 Å². The molecule has 0 atom stereocenters. The minimum Gasteiger partial charge on any atom is -0.453 e. The van der Waals surface area contributed by atoms with Gasteiger partial charge < -0.3 is 9.64 Å². The van der Waals surface area contributed by atoms with Gasteiger partial charge in [-0.05, 0) is 90.7 Å². The van der Waals surface area contributed by atoms with Crippen LogP contribution in [-0.4, -0.2) is 0 Å². The topological polar surface area (TPSA) is 12.5 Å². The van der Waals surface area contributed by atoms with Crippen molar-refractivity contribution in [2.75, 3.05) is 4.90 Å². The second-order valence-electron chi connectivity index (χ2n) is 9.24. The lowest BCUT2D eigenvalue weighted by atomic mass is 10.0. The summed E-state index contributed by atoms with van der Waals surface area (Å²) in [6.45, 7) is 4.20. The van der Waals surface area contributed by atoms with Crippen LogP contribution in [0.25, 0.3) is 31.3 Å². The second-order valence-corrected chi connectivity index (χ2v) is 10.3. The number of aryl methyl sites for hydroxylation is 2. The maximum Gasteiger partial charge on any atom is 0.151 e. The van der Waals surface area contributed by atoms with E-state index in [-0.39, 0.29) is 0 Å². The summed E-state index contributed by atoms with van der Waals surface area (Å²) in [6.07, 6.45) is 0. The summed E-state index contributed by atoms with van der Waals surface area (Å²) in [4.78, 5) is 2.30. The van der Waals surface area contributed by atoms with Crippen LogP contribution in [0.15, 0.2) is 103 Å². The average Bonchev–Trinajstić information content (AvgIpc) is 3.25. The fourth-order valence-corrected chi connectivity index (χ4v) is 6.10. The Kier molecular flexibility index (Phi) is 4.48. The zero-order chi connectivity index (χ0) is 23.5. The van der Waals surface area contributed by atoms with Crippen molar-refractivity contribution in [1.82, 2.24) is 0 Å². The molecule has 2 heterocycles. The van der Waals surface area contributed by atoms with Gasteiger partial charge in [0.1, 0.15) is 0 Å². The van der Waals surface area contributed by atoms with E-state index < -0.39 is 0 Å². The molecule has 168 valence electrons. The number of fused-ring (bicyclic) bond motifs is 5. The number of benzene rings is 5. The zero-order valence-electron chi connectivity index (χ0n) is 19.6. The van der Waals surface area contributed by atoms with Crippen LogP contribution in [0.3, 0.4) is 0 Å². The van der Waals surface area contributed by atoms with Gasteiger partial charge in [0.25, 0.3) is 0 Å². The van der Waals surface area contributed by atoms with E-state index in [0.29, 0.717) is 0 Å². The van der Waals surface area contributed by atoms with Gasteiger partial charge in [0.2, 0.25) is 0 Å². The van der Waals surface area contributed by atoms with Crippen LogP contribution >= 0.6 is 11.3 Å². The molecule has 35 heavy (non-hydrogen) atoms. The van der Waals surface area contributed by atoms with E-state index in [4.69, 9.17) is 4.74 Å². The molecule has 5 aromatic carbocycles. The number of hydrogen-bond acceptors (Lipinski definition) is 3. The van der Waals surface area contributed by atoms with Gasteiger partial charge in [-0.1, -0.05) is 48.5 Å². The molecule has 0 spiro atoms. The molecule has 1 aliphatic rings. The van der Waals surface area contributed by atoms with Crippen molar-refractivity contribution in [2.24, 2.45) is 0 Å². The van der Waals surface area contributed by atoms with Crippen LogP contribution in [0.2, 0.25) is 0 Å². The molecule has 0 amide bonds. The molecular formula is C32H23NOS. The number of anilines is 3. The maximum atomic E-state index is 6.31. The lowest BCUT2D eigenvalue weighted by molar-refractivity contribution is 0.476. The Balaban J connectivity index is 1.32. The number of nitrogens with zero attached hydrogens (tertiary/aromatic N) is 1. The Bertz CT molecular complexity index is 1690. The first-order chi connectivity index (χ1) is 17.1. The lowest BCUT2D eigenvalue weighted by Crippen LogP contribution is -2.16. The highest BCUT2D eigenvalue weighted by atomic mass is 32.1. The van der Waals surface area contributed by atoms with Crippen LogP contribution in [0, 0.1) is 13.8 Å². The first-order valence-corrected chi connectivity index (χ1v) is 12.7. The van der Waals surface area contributed by atoms with E-state index in [1.54, 1.807) is 0 Å². The summed E-state index contributed by atoms with van der Waals surface area (Å²) >= 11 is 1.86. The van der Waals surface area contributed by atoms with Gasteiger partial charge in [-0.15, -0.1) is 11.3 Å². The van der Waals surface area contributed by atoms with Crippen molar-refractivity contribution in [3.05, 3.63) is 114 Å². The van der Waals surface area contributed by atoms with E-state index in [9.17, 15) is 0 Å². The molecule has 1 aromatic heterocycles. The molecule has 0 unspecified atom stereocenters. The van der Waals surface area contributed by atoms with Crippen LogP contribution in [0.4, 0.5) is 17.1 Å². The third kappa shape index (κ3) is 3.31. The van der Waals surface area contributed by atoms with Gasteiger partial charge in [-0.25, -0.2) is 0 Å². The molecular weight excluding hydrogens is 446 g/mol. The Morgan fingerprint density at radius 3 is 1.91 bits per heavy atom. The molecule has 0 saturated heterocycles. The van der Waals surface area contributed by atoms with Gasteiger partial charge in [0.15, 0.2) is 11.5 Å². The second kappa shape index (κ2) is 7.72. The van der Waals surface area contributed by atoms with Crippen LogP contribution in [-0.2, 0) is 0 Å². The first-order valence-electron chi connectivity index (χ1n) is 11.9. The van der Waals surface area contributed by atoms with Gasteiger partial charge in [-0.3, -0.25) is 0 Å². The SMILES string of the molecule is Cc1ccc2c(c1)Oc1cc(C)ccc1N2c1ccc(-c2ccc3sc4ccccc4c3c2)cc1. The highest BCUT2D eigenvalue weighted by Gasteiger charge is 2.26. The van der Waals surface area contributed by atoms with Crippen molar-refractivity contribution in [3.8, 4) is 22.6 Å². The van der Waals surface area contributed by atoms with Gasteiger partial charge >= 0.3 is 0 Å². The van der Waals surface area contributed by atoms with Crippen LogP contribution < -0.4 is 9.64 Å². The third-order valence-corrected chi connectivity index (χ3v) is 7.92. The summed E-state index contributed by atoms with van der Waals surface area (Å²) < 4.78 is 8.98. The van der Waals surface area contributed by atoms with Gasteiger partial charge in [0, 0.05) is 25.9 Å². The summed E-state index contributed by atoms with van der Waals surface area (Å²) in [6, 6.07) is 37.2. The third-order valence-electron chi connectivity index (χ3n) is 6.77. The summed E-state index contributed by atoms with van der Waals surface area (Å²) in [5, 5.41) is 2.66. The number of ether oxygens (including phenoxy) is 1. The molecule has 3 heteroatoms. The fraction of sp³-hybridized carbons (Fsp3) is 0.0625. The molecule has 0 aliphatic carbocycles. The van der Waals surface area contributed by atoms with Crippen LogP contribution in [0.5, 0.6) is 11.5 Å². The van der Waals surface area contributed by atoms with Crippen molar-refractivity contribution in [1.29, 1.82) is 0 Å².